The number of carbonyl (C=O) groups is 2. The Bertz CT molecular complexity index is 701. The van der Waals surface area contributed by atoms with Crippen LogP contribution >= 0.6 is 0 Å². The summed E-state index contributed by atoms with van der Waals surface area (Å²) in [6.45, 7) is 4.29. The Labute approximate surface area is 123 Å². The lowest BCUT2D eigenvalue weighted by Crippen LogP contribution is -2.36. The van der Waals surface area contributed by atoms with E-state index < -0.39 is 0 Å². The highest BCUT2D eigenvalue weighted by molar-refractivity contribution is 5.96. The van der Waals surface area contributed by atoms with E-state index >= 15 is 0 Å². The van der Waals surface area contributed by atoms with Crippen molar-refractivity contribution < 1.29 is 14.0 Å². The standard InChI is InChI=1S/C17H19NO3/c1-11-5-6-15-13(8-11)10-16(21-15)17(20)18-7-3-4-14(18)9-12(2)19/h5-6,8,10,14H,3-4,7,9H2,1-2H3. The number of likely N-dealkylation sites (tertiary alicyclic amines) is 1. The Morgan fingerprint density at radius 2 is 2.14 bits per heavy atom. The lowest BCUT2D eigenvalue weighted by molar-refractivity contribution is -0.117. The van der Waals surface area contributed by atoms with Gasteiger partial charge in [-0.25, -0.2) is 0 Å². The summed E-state index contributed by atoms with van der Waals surface area (Å²) in [7, 11) is 0. The minimum absolute atomic E-state index is 0.0185. The normalized spacial score (nSPS) is 18.4. The maximum absolute atomic E-state index is 12.6. The fourth-order valence-electron chi connectivity index (χ4n) is 3.06. The van der Waals surface area contributed by atoms with Gasteiger partial charge in [0, 0.05) is 24.4 Å². The van der Waals surface area contributed by atoms with Gasteiger partial charge >= 0.3 is 0 Å². The average Bonchev–Trinajstić information content (AvgIpc) is 3.03. The zero-order valence-electron chi connectivity index (χ0n) is 12.4. The molecule has 3 rings (SSSR count). The number of fused-ring (bicyclic) bond motifs is 1. The molecule has 110 valence electrons. The van der Waals surface area contributed by atoms with E-state index in [-0.39, 0.29) is 17.7 Å². The van der Waals surface area contributed by atoms with E-state index in [1.165, 1.54) is 0 Å². The third-order valence-electron chi connectivity index (χ3n) is 4.04. The fraction of sp³-hybridized carbons (Fsp3) is 0.412. The van der Waals surface area contributed by atoms with Crippen LogP contribution in [0.2, 0.25) is 0 Å². The van der Waals surface area contributed by atoms with Crippen LogP contribution in [0.15, 0.2) is 28.7 Å². The summed E-state index contributed by atoms with van der Waals surface area (Å²) in [5, 5.41) is 0.945. The first kappa shape index (κ1) is 13.9. The van der Waals surface area contributed by atoms with Gasteiger partial charge in [0.2, 0.25) is 0 Å². The quantitative estimate of drug-likeness (QED) is 0.869. The molecule has 4 heteroatoms. The lowest BCUT2D eigenvalue weighted by atomic mass is 10.1. The molecular formula is C17H19NO3. The number of hydrogen-bond acceptors (Lipinski definition) is 3. The Morgan fingerprint density at radius 3 is 2.90 bits per heavy atom. The van der Waals surface area contributed by atoms with Crippen molar-refractivity contribution in [2.45, 2.75) is 39.2 Å². The highest BCUT2D eigenvalue weighted by Gasteiger charge is 2.31. The van der Waals surface area contributed by atoms with Crippen LogP contribution in [0.3, 0.4) is 0 Å². The number of nitrogens with zero attached hydrogens (tertiary/aromatic N) is 1. The van der Waals surface area contributed by atoms with Crippen molar-refractivity contribution in [2.24, 2.45) is 0 Å². The number of amides is 1. The summed E-state index contributed by atoms with van der Waals surface area (Å²) in [6, 6.07) is 7.68. The van der Waals surface area contributed by atoms with Gasteiger partial charge in [-0.3, -0.25) is 9.59 Å². The summed E-state index contributed by atoms with van der Waals surface area (Å²) in [6.07, 6.45) is 2.28. The molecular weight excluding hydrogens is 266 g/mol. The number of aryl methyl sites for hydroxylation is 1. The summed E-state index contributed by atoms with van der Waals surface area (Å²) in [5.41, 5.74) is 1.86. The second-order valence-corrected chi connectivity index (χ2v) is 5.85. The van der Waals surface area contributed by atoms with Gasteiger partial charge in [-0.1, -0.05) is 11.6 Å². The summed E-state index contributed by atoms with van der Waals surface area (Å²) in [5.74, 6) is 0.388. The van der Waals surface area contributed by atoms with Crippen molar-refractivity contribution >= 4 is 22.7 Å². The summed E-state index contributed by atoms with van der Waals surface area (Å²) >= 11 is 0. The molecule has 0 saturated carbocycles. The van der Waals surface area contributed by atoms with Crippen LogP contribution in [-0.4, -0.2) is 29.2 Å². The maximum atomic E-state index is 12.6. The largest absolute Gasteiger partial charge is 0.451 e. The molecule has 1 amide bonds. The number of benzene rings is 1. The molecule has 0 N–H and O–H groups in total. The summed E-state index contributed by atoms with van der Waals surface area (Å²) in [4.78, 5) is 25.7. The van der Waals surface area contributed by atoms with Gasteiger partial charge in [-0.05, 0) is 44.9 Å². The van der Waals surface area contributed by atoms with Crippen molar-refractivity contribution in [1.82, 2.24) is 4.90 Å². The van der Waals surface area contributed by atoms with Gasteiger partial charge in [0.1, 0.15) is 11.4 Å². The molecule has 0 bridgehead atoms. The van der Waals surface area contributed by atoms with Crippen molar-refractivity contribution in [2.75, 3.05) is 6.54 Å². The molecule has 0 radical (unpaired) electrons. The van der Waals surface area contributed by atoms with Crippen molar-refractivity contribution in [3.05, 3.63) is 35.6 Å². The molecule has 2 aromatic rings. The van der Waals surface area contributed by atoms with Gasteiger partial charge in [0.25, 0.3) is 5.91 Å². The first-order valence-electron chi connectivity index (χ1n) is 7.35. The van der Waals surface area contributed by atoms with Crippen LogP contribution in [0.4, 0.5) is 0 Å². The minimum Gasteiger partial charge on any atom is -0.451 e. The van der Waals surface area contributed by atoms with Gasteiger partial charge in [-0.15, -0.1) is 0 Å². The minimum atomic E-state index is -0.104. The van der Waals surface area contributed by atoms with Crippen molar-refractivity contribution in [1.29, 1.82) is 0 Å². The molecule has 4 nitrogen and oxygen atoms in total. The monoisotopic (exact) mass is 285 g/mol. The topological polar surface area (TPSA) is 50.5 Å². The molecule has 1 saturated heterocycles. The van der Waals surface area contributed by atoms with Crippen LogP contribution in [-0.2, 0) is 4.79 Å². The van der Waals surface area contributed by atoms with E-state index in [2.05, 4.69) is 0 Å². The van der Waals surface area contributed by atoms with Crippen LogP contribution in [0.1, 0.15) is 42.3 Å². The smallest absolute Gasteiger partial charge is 0.289 e. The molecule has 21 heavy (non-hydrogen) atoms. The van der Waals surface area contributed by atoms with Crippen LogP contribution in [0.5, 0.6) is 0 Å². The molecule has 1 fully saturated rings. The lowest BCUT2D eigenvalue weighted by Gasteiger charge is -2.22. The number of hydrogen-bond donors (Lipinski definition) is 0. The average molecular weight is 285 g/mol. The number of ketones is 1. The van der Waals surface area contributed by atoms with Crippen molar-refractivity contribution in [3.63, 3.8) is 0 Å². The maximum Gasteiger partial charge on any atom is 0.289 e. The third kappa shape index (κ3) is 2.71. The van der Waals surface area contributed by atoms with Gasteiger partial charge in [0.05, 0.1) is 0 Å². The highest BCUT2D eigenvalue weighted by atomic mass is 16.3. The number of furan rings is 1. The molecule has 2 heterocycles. The zero-order chi connectivity index (χ0) is 15.0. The Balaban J connectivity index is 1.87. The van der Waals surface area contributed by atoms with Crippen LogP contribution in [0.25, 0.3) is 11.0 Å². The van der Waals surface area contributed by atoms with E-state index in [1.54, 1.807) is 17.9 Å². The number of carbonyl (C=O) groups excluding carboxylic acids is 2. The van der Waals surface area contributed by atoms with Gasteiger partial charge < -0.3 is 9.32 Å². The first-order valence-corrected chi connectivity index (χ1v) is 7.35. The number of Topliss-reactive ketones (excluding diaryl/α,β-unsaturated/α-hetero) is 1. The Kier molecular flexibility index (Phi) is 3.53. The van der Waals surface area contributed by atoms with E-state index in [0.29, 0.717) is 18.7 Å². The van der Waals surface area contributed by atoms with E-state index in [1.807, 2.05) is 25.1 Å². The molecule has 1 aromatic carbocycles. The highest BCUT2D eigenvalue weighted by Crippen LogP contribution is 2.26. The van der Waals surface area contributed by atoms with Gasteiger partial charge in [0.15, 0.2) is 5.76 Å². The number of rotatable bonds is 3. The van der Waals surface area contributed by atoms with Crippen LogP contribution in [0, 0.1) is 6.92 Å². The molecule has 1 aliphatic heterocycles. The molecule has 0 aliphatic carbocycles. The molecule has 0 spiro atoms. The second-order valence-electron chi connectivity index (χ2n) is 5.85. The van der Waals surface area contributed by atoms with Crippen LogP contribution < -0.4 is 0 Å². The fourth-order valence-corrected chi connectivity index (χ4v) is 3.06. The SMILES string of the molecule is CC(=O)CC1CCCN1C(=O)c1cc2cc(C)ccc2o1. The summed E-state index contributed by atoms with van der Waals surface area (Å²) < 4.78 is 5.67. The first-order chi connectivity index (χ1) is 10.0. The third-order valence-corrected chi connectivity index (χ3v) is 4.04. The van der Waals surface area contributed by atoms with E-state index in [0.717, 1.165) is 29.4 Å². The van der Waals surface area contributed by atoms with Crippen molar-refractivity contribution in [3.8, 4) is 0 Å². The molecule has 1 atom stereocenters. The predicted octanol–water partition coefficient (Wildman–Crippen LogP) is 3.32. The Hall–Kier alpha value is -2.10. The molecule has 1 unspecified atom stereocenters. The zero-order valence-corrected chi connectivity index (χ0v) is 12.4. The molecule has 1 aliphatic rings. The van der Waals surface area contributed by atoms with Gasteiger partial charge in [-0.2, -0.15) is 0 Å². The van der Waals surface area contributed by atoms with E-state index in [9.17, 15) is 9.59 Å². The Morgan fingerprint density at radius 1 is 1.33 bits per heavy atom. The molecule has 1 aromatic heterocycles. The van der Waals surface area contributed by atoms with E-state index in [4.69, 9.17) is 4.42 Å². The second kappa shape index (κ2) is 5.35. The predicted molar refractivity (Wildman–Crippen MR) is 80.3 cm³/mol.